The molecule has 1 saturated carbocycles. The number of benzene rings is 3. The van der Waals surface area contributed by atoms with E-state index in [-0.39, 0.29) is 31.1 Å². The summed E-state index contributed by atoms with van der Waals surface area (Å²) >= 11 is 0. The first-order valence-corrected chi connectivity index (χ1v) is 15.0. The minimum absolute atomic E-state index is 0. The molecule has 0 atom stereocenters. The molecule has 3 nitrogen and oxygen atoms in total. The van der Waals surface area contributed by atoms with Crippen LogP contribution >= 0.6 is 0 Å². The third kappa shape index (κ3) is 4.89. The van der Waals surface area contributed by atoms with Gasteiger partial charge in [0, 0.05) is 31.9 Å². The van der Waals surface area contributed by atoms with Crippen molar-refractivity contribution in [3.05, 3.63) is 114 Å². The Morgan fingerprint density at radius 3 is 2.45 bits per heavy atom. The van der Waals surface area contributed by atoms with Crippen LogP contribution in [0.25, 0.3) is 39.3 Å². The first kappa shape index (κ1) is 28.8. The quantitative estimate of drug-likeness (QED) is 0.170. The van der Waals surface area contributed by atoms with Gasteiger partial charge in [-0.2, -0.15) is 0 Å². The Bertz CT molecular complexity index is 1770. The second-order valence-electron chi connectivity index (χ2n) is 13.0. The van der Waals surface area contributed by atoms with Crippen LogP contribution in [0.15, 0.2) is 85.1 Å². The number of aromatic nitrogens is 3. The van der Waals surface area contributed by atoms with E-state index in [0.29, 0.717) is 5.92 Å². The molecule has 0 saturated heterocycles. The third-order valence-corrected chi connectivity index (χ3v) is 9.17. The molecule has 2 aromatic heterocycles. The van der Waals surface area contributed by atoms with Crippen molar-refractivity contribution in [2.75, 3.05) is 0 Å². The van der Waals surface area contributed by atoms with Crippen LogP contribution in [0.3, 0.4) is 0 Å². The predicted octanol–water partition coefficient (Wildman–Crippen LogP) is 9.21. The summed E-state index contributed by atoms with van der Waals surface area (Å²) in [5, 5.41) is 0. The van der Waals surface area contributed by atoms with Crippen LogP contribution in [0.5, 0.6) is 0 Å². The topological polar surface area (TPSA) is 30.7 Å². The van der Waals surface area contributed by atoms with Crippen molar-refractivity contribution in [2.24, 2.45) is 5.92 Å². The summed E-state index contributed by atoms with van der Waals surface area (Å²) < 4.78 is 2.42. The fourth-order valence-corrected chi connectivity index (χ4v) is 7.29. The van der Waals surface area contributed by atoms with Gasteiger partial charge in [0.1, 0.15) is 0 Å². The largest absolute Gasteiger partial charge is 0.355 e. The minimum Gasteiger partial charge on any atom is -0.355 e. The van der Waals surface area contributed by atoms with E-state index >= 15 is 0 Å². The number of nitrogens with zero attached hydrogens (tertiary/aromatic N) is 3. The Kier molecular flexibility index (Phi) is 7.58. The number of para-hydroxylation sites is 1. The molecule has 3 heterocycles. The van der Waals surface area contributed by atoms with Crippen LogP contribution in [-0.2, 0) is 37.5 Å². The van der Waals surface area contributed by atoms with E-state index in [9.17, 15) is 0 Å². The Morgan fingerprint density at radius 2 is 1.67 bits per heavy atom. The van der Waals surface area contributed by atoms with Crippen LogP contribution in [-0.4, -0.2) is 14.5 Å². The van der Waals surface area contributed by atoms with Gasteiger partial charge < -0.3 is 9.55 Å². The van der Waals surface area contributed by atoms with E-state index in [4.69, 9.17) is 4.98 Å². The summed E-state index contributed by atoms with van der Waals surface area (Å²) in [5.74, 6) is 1.73. The van der Waals surface area contributed by atoms with Crippen molar-refractivity contribution in [3.8, 4) is 22.6 Å². The standard InChI is InChI=1S/C23H23N2.C15H14N.Ir/c1-23(2)15-19(16-9-6-7-10-16)18-13-8-14-20-21(18)25(23)22(24-20)17-11-4-3-5-12-17;1-15(2)10-11-6-3-4-7-12(11)14-13(15)8-5-9-16-14;/h3-5,8,11,13-16H,6-7,9-10H2,1-2H3;3-6,8-9H,10H2,1-2H3;/q2*-1;. The third-order valence-electron chi connectivity index (χ3n) is 9.17. The summed E-state index contributed by atoms with van der Waals surface area (Å²) in [6.07, 6.45) is 10.8. The number of pyridine rings is 1. The molecular formula is C38H37IrN3-2. The summed E-state index contributed by atoms with van der Waals surface area (Å²) in [6.45, 7) is 9.18. The first-order chi connectivity index (χ1) is 19.8. The van der Waals surface area contributed by atoms with E-state index in [1.165, 1.54) is 53.5 Å². The summed E-state index contributed by atoms with van der Waals surface area (Å²) in [4.78, 5) is 9.53. The van der Waals surface area contributed by atoms with Crippen molar-refractivity contribution in [1.29, 1.82) is 0 Å². The molecule has 5 aromatic rings. The van der Waals surface area contributed by atoms with Crippen molar-refractivity contribution in [3.63, 3.8) is 0 Å². The molecule has 8 rings (SSSR count). The summed E-state index contributed by atoms with van der Waals surface area (Å²) in [7, 11) is 0. The Balaban J connectivity index is 0.000000161. The summed E-state index contributed by atoms with van der Waals surface area (Å²) in [6, 6.07) is 31.9. The van der Waals surface area contributed by atoms with Crippen LogP contribution < -0.4 is 0 Å². The van der Waals surface area contributed by atoms with E-state index in [0.717, 1.165) is 29.0 Å². The minimum atomic E-state index is -0.0833. The molecule has 4 heteroatoms. The normalized spacial score (nSPS) is 17.8. The molecule has 1 radical (unpaired) electrons. The molecule has 1 fully saturated rings. The fourth-order valence-electron chi connectivity index (χ4n) is 7.29. The number of fused-ring (bicyclic) bond motifs is 3. The van der Waals surface area contributed by atoms with Gasteiger partial charge in [0.05, 0.1) is 22.4 Å². The number of hydrogen-bond donors (Lipinski definition) is 0. The molecule has 215 valence electrons. The molecule has 1 aliphatic heterocycles. The molecule has 0 N–H and O–H groups in total. The molecule has 0 unspecified atom stereocenters. The van der Waals surface area contributed by atoms with Crippen LogP contribution in [0, 0.1) is 18.1 Å². The Morgan fingerprint density at radius 1 is 0.857 bits per heavy atom. The molecule has 3 aliphatic rings. The number of allylic oxidation sites excluding steroid dienone is 2. The smallest absolute Gasteiger partial charge is 0.0777 e. The van der Waals surface area contributed by atoms with Crippen molar-refractivity contribution >= 4 is 16.6 Å². The van der Waals surface area contributed by atoms with Gasteiger partial charge in [-0.1, -0.05) is 62.9 Å². The zero-order valence-corrected chi connectivity index (χ0v) is 27.3. The van der Waals surface area contributed by atoms with Gasteiger partial charge in [-0.15, -0.1) is 71.3 Å². The SMILES string of the molecule is CC1(C)C=C(C2CCCC2)c2cccc3nc(-c4[c-]cccc4)n1c23.CC1(C)Cc2ccc[c-]c2-c2ncccc21.[Ir]. The maximum Gasteiger partial charge on any atom is 0.0777 e. The van der Waals surface area contributed by atoms with Crippen molar-refractivity contribution in [1.82, 2.24) is 14.5 Å². The Hall–Kier alpha value is -3.33. The molecule has 0 amide bonds. The summed E-state index contributed by atoms with van der Waals surface area (Å²) in [5.41, 5.74) is 11.5. The van der Waals surface area contributed by atoms with E-state index in [1.807, 2.05) is 30.5 Å². The molecule has 42 heavy (non-hydrogen) atoms. The monoisotopic (exact) mass is 728 g/mol. The zero-order valence-electron chi connectivity index (χ0n) is 24.9. The maximum absolute atomic E-state index is 5.01. The number of imidazole rings is 1. The van der Waals surface area contributed by atoms with E-state index in [1.54, 1.807) is 5.57 Å². The van der Waals surface area contributed by atoms with Gasteiger partial charge in [0.25, 0.3) is 0 Å². The van der Waals surface area contributed by atoms with Crippen molar-refractivity contribution < 1.29 is 20.1 Å². The van der Waals surface area contributed by atoms with Gasteiger partial charge in [-0.25, -0.2) is 0 Å². The average Bonchev–Trinajstić information content (AvgIpc) is 3.66. The van der Waals surface area contributed by atoms with Gasteiger partial charge in [0.2, 0.25) is 0 Å². The molecule has 0 bridgehead atoms. The number of rotatable bonds is 2. The van der Waals surface area contributed by atoms with E-state index < -0.39 is 0 Å². The molecule has 3 aromatic carbocycles. The van der Waals surface area contributed by atoms with Crippen molar-refractivity contribution in [2.45, 2.75) is 70.8 Å². The van der Waals surface area contributed by atoms with Gasteiger partial charge in [-0.3, -0.25) is 4.98 Å². The molecular weight excluding hydrogens is 691 g/mol. The second-order valence-corrected chi connectivity index (χ2v) is 13.0. The van der Waals surface area contributed by atoms with Gasteiger partial charge in [0.15, 0.2) is 0 Å². The predicted molar refractivity (Wildman–Crippen MR) is 169 cm³/mol. The number of hydrogen-bond acceptors (Lipinski definition) is 2. The zero-order chi connectivity index (χ0) is 28.2. The average molecular weight is 728 g/mol. The molecule has 0 spiro atoms. The van der Waals surface area contributed by atoms with E-state index in [2.05, 4.69) is 104 Å². The van der Waals surface area contributed by atoms with Gasteiger partial charge in [-0.05, 0) is 61.4 Å². The first-order valence-electron chi connectivity index (χ1n) is 15.0. The maximum atomic E-state index is 5.01. The second kappa shape index (κ2) is 11.1. The van der Waals surface area contributed by atoms with Crippen LogP contribution in [0.2, 0.25) is 0 Å². The molecule has 2 aliphatic carbocycles. The Labute approximate surface area is 263 Å². The fraction of sp³-hybridized carbons (Fsp3) is 0.316. The van der Waals surface area contributed by atoms with Crippen LogP contribution in [0.4, 0.5) is 0 Å². The van der Waals surface area contributed by atoms with Crippen LogP contribution in [0.1, 0.15) is 70.1 Å². The van der Waals surface area contributed by atoms with Gasteiger partial charge >= 0.3 is 0 Å².